The summed E-state index contributed by atoms with van der Waals surface area (Å²) in [7, 11) is 0. The summed E-state index contributed by atoms with van der Waals surface area (Å²) in [5.41, 5.74) is 4.10. The van der Waals surface area contributed by atoms with E-state index in [-0.39, 0.29) is 0 Å². The van der Waals surface area contributed by atoms with Crippen molar-refractivity contribution in [1.29, 1.82) is 0 Å². The van der Waals surface area contributed by atoms with Crippen molar-refractivity contribution < 1.29 is 5.11 Å². The lowest BCUT2D eigenvalue weighted by atomic mass is 9.98. The first kappa shape index (κ1) is 12.2. The van der Waals surface area contributed by atoms with Crippen LogP contribution in [0.15, 0.2) is 42.5 Å². The van der Waals surface area contributed by atoms with Gasteiger partial charge in [0.25, 0.3) is 0 Å². The fourth-order valence-corrected chi connectivity index (χ4v) is 2.13. The van der Waals surface area contributed by atoms with Crippen LogP contribution >= 0.6 is 11.6 Å². The Morgan fingerprint density at radius 2 is 1.41 bits per heavy atom. The predicted octanol–water partition coefficient (Wildman–Crippen LogP) is 4.04. The molecular weight excluding hydrogens is 232 g/mol. The summed E-state index contributed by atoms with van der Waals surface area (Å²) in [6.45, 7) is 4.07. The Bertz CT molecular complexity index is 497. The van der Waals surface area contributed by atoms with Gasteiger partial charge < -0.3 is 5.11 Å². The third kappa shape index (κ3) is 2.87. The highest BCUT2D eigenvalue weighted by molar-refractivity contribution is 6.30. The van der Waals surface area contributed by atoms with Crippen LogP contribution in [0.4, 0.5) is 0 Å². The van der Waals surface area contributed by atoms with E-state index < -0.39 is 6.10 Å². The SMILES string of the molecule is Cc1cc(C)cc([C@H](O)c2ccc(Cl)cc2)c1. The molecule has 0 saturated carbocycles. The van der Waals surface area contributed by atoms with E-state index in [9.17, 15) is 5.11 Å². The highest BCUT2D eigenvalue weighted by atomic mass is 35.5. The fourth-order valence-electron chi connectivity index (χ4n) is 2.01. The van der Waals surface area contributed by atoms with E-state index >= 15 is 0 Å². The Morgan fingerprint density at radius 1 is 0.882 bits per heavy atom. The second kappa shape index (κ2) is 4.91. The molecule has 17 heavy (non-hydrogen) atoms. The average molecular weight is 247 g/mol. The zero-order chi connectivity index (χ0) is 12.4. The molecule has 0 aromatic heterocycles. The molecule has 1 atom stereocenters. The van der Waals surface area contributed by atoms with Gasteiger partial charge in [0.15, 0.2) is 0 Å². The third-order valence-corrected chi connectivity index (χ3v) is 3.00. The van der Waals surface area contributed by atoms with Crippen LogP contribution in [0, 0.1) is 13.8 Å². The minimum atomic E-state index is -0.592. The van der Waals surface area contributed by atoms with Crippen LogP contribution < -0.4 is 0 Å². The van der Waals surface area contributed by atoms with Crippen molar-refractivity contribution in [2.75, 3.05) is 0 Å². The van der Waals surface area contributed by atoms with Crippen molar-refractivity contribution in [2.45, 2.75) is 20.0 Å². The molecule has 1 nitrogen and oxygen atoms in total. The molecule has 0 aliphatic heterocycles. The summed E-state index contributed by atoms with van der Waals surface area (Å²) in [6.07, 6.45) is -0.592. The molecule has 1 N–H and O–H groups in total. The van der Waals surface area contributed by atoms with Gasteiger partial charge in [-0.3, -0.25) is 0 Å². The minimum Gasteiger partial charge on any atom is -0.384 e. The molecular formula is C15H15ClO. The molecule has 0 saturated heterocycles. The first-order valence-corrected chi connectivity index (χ1v) is 5.96. The summed E-state index contributed by atoms with van der Waals surface area (Å²) in [5, 5.41) is 11.0. The summed E-state index contributed by atoms with van der Waals surface area (Å²) in [5.74, 6) is 0. The Morgan fingerprint density at radius 3 is 1.94 bits per heavy atom. The van der Waals surface area contributed by atoms with E-state index in [1.165, 1.54) is 0 Å². The van der Waals surface area contributed by atoms with E-state index in [1.807, 2.05) is 38.1 Å². The van der Waals surface area contributed by atoms with E-state index in [0.29, 0.717) is 5.02 Å². The first-order valence-electron chi connectivity index (χ1n) is 5.58. The number of aryl methyl sites for hydroxylation is 2. The molecule has 0 unspecified atom stereocenters. The molecule has 0 aliphatic rings. The average Bonchev–Trinajstić information content (AvgIpc) is 2.28. The number of hydrogen-bond acceptors (Lipinski definition) is 1. The molecule has 2 heteroatoms. The van der Waals surface area contributed by atoms with Crippen LogP contribution in [0.2, 0.25) is 5.02 Å². The third-order valence-electron chi connectivity index (χ3n) is 2.75. The summed E-state index contributed by atoms with van der Waals surface area (Å²) in [4.78, 5) is 0. The number of aliphatic hydroxyl groups excluding tert-OH is 1. The Balaban J connectivity index is 2.36. The lowest BCUT2D eigenvalue weighted by Crippen LogP contribution is -2.00. The smallest absolute Gasteiger partial charge is 0.104 e. The van der Waals surface area contributed by atoms with E-state index in [0.717, 1.165) is 22.3 Å². The normalized spacial score (nSPS) is 12.5. The van der Waals surface area contributed by atoms with Crippen molar-refractivity contribution in [3.8, 4) is 0 Å². The fraction of sp³-hybridized carbons (Fsp3) is 0.200. The monoisotopic (exact) mass is 246 g/mol. The zero-order valence-corrected chi connectivity index (χ0v) is 10.7. The summed E-state index contributed by atoms with van der Waals surface area (Å²) < 4.78 is 0. The van der Waals surface area contributed by atoms with Crippen LogP contribution in [0.25, 0.3) is 0 Å². The van der Waals surface area contributed by atoms with Crippen LogP contribution in [-0.4, -0.2) is 5.11 Å². The molecule has 0 fully saturated rings. The highest BCUT2D eigenvalue weighted by Gasteiger charge is 2.10. The molecule has 2 rings (SSSR count). The summed E-state index contributed by atoms with van der Waals surface area (Å²) in [6, 6.07) is 13.4. The van der Waals surface area contributed by atoms with Gasteiger partial charge in [0.2, 0.25) is 0 Å². The number of aliphatic hydroxyl groups is 1. The van der Waals surface area contributed by atoms with Gasteiger partial charge in [0.05, 0.1) is 0 Å². The van der Waals surface area contributed by atoms with Gasteiger partial charge >= 0.3 is 0 Å². The van der Waals surface area contributed by atoms with Crippen LogP contribution in [-0.2, 0) is 0 Å². The number of rotatable bonds is 2. The minimum absolute atomic E-state index is 0.592. The predicted molar refractivity (Wildman–Crippen MR) is 71.4 cm³/mol. The molecule has 2 aromatic carbocycles. The molecule has 0 radical (unpaired) electrons. The second-order valence-electron chi connectivity index (χ2n) is 4.38. The number of hydrogen-bond donors (Lipinski definition) is 1. The van der Waals surface area contributed by atoms with Gasteiger partial charge in [-0.2, -0.15) is 0 Å². The van der Waals surface area contributed by atoms with Crippen molar-refractivity contribution >= 4 is 11.6 Å². The first-order chi connectivity index (χ1) is 8.06. The second-order valence-corrected chi connectivity index (χ2v) is 4.81. The van der Waals surface area contributed by atoms with E-state index in [1.54, 1.807) is 12.1 Å². The largest absolute Gasteiger partial charge is 0.384 e. The standard InChI is InChI=1S/C15H15ClO/c1-10-7-11(2)9-13(8-10)15(17)12-3-5-14(16)6-4-12/h3-9,15,17H,1-2H3/t15-/m1/s1. The maximum absolute atomic E-state index is 10.3. The van der Waals surface area contributed by atoms with Gasteiger partial charge in [0, 0.05) is 5.02 Å². The number of halogens is 1. The molecule has 0 heterocycles. The zero-order valence-electron chi connectivity index (χ0n) is 9.94. The van der Waals surface area contributed by atoms with E-state index in [4.69, 9.17) is 11.6 Å². The van der Waals surface area contributed by atoms with Crippen LogP contribution in [0.1, 0.15) is 28.4 Å². The molecule has 0 amide bonds. The molecule has 2 aromatic rings. The quantitative estimate of drug-likeness (QED) is 0.848. The lowest BCUT2D eigenvalue weighted by Gasteiger charge is -2.13. The maximum atomic E-state index is 10.3. The Labute approximate surface area is 107 Å². The van der Waals surface area contributed by atoms with Gasteiger partial charge in [-0.1, -0.05) is 53.1 Å². The van der Waals surface area contributed by atoms with Crippen molar-refractivity contribution in [3.05, 3.63) is 69.7 Å². The van der Waals surface area contributed by atoms with Gasteiger partial charge in [-0.25, -0.2) is 0 Å². The van der Waals surface area contributed by atoms with Crippen molar-refractivity contribution in [2.24, 2.45) is 0 Å². The summed E-state index contributed by atoms with van der Waals surface area (Å²) >= 11 is 5.83. The molecule has 88 valence electrons. The number of benzene rings is 2. The van der Waals surface area contributed by atoms with Crippen molar-refractivity contribution in [1.82, 2.24) is 0 Å². The lowest BCUT2D eigenvalue weighted by molar-refractivity contribution is 0.220. The van der Waals surface area contributed by atoms with E-state index in [2.05, 4.69) is 6.07 Å². The Kier molecular flexibility index (Phi) is 3.51. The van der Waals surface area contributed by atoms with Gasteiger partial charge in [-0.05, 0) is 37.1 Å². The van der Waals surface area contributed by atoms with Crippen molar-refractivity contribution in [3.63, 3.8) is 0 Å². The molecule has 0 aliphatic carbocycles. The van der Waals surface area contributed by atoms with Crippen LogP contribution in [0.5, 0.6) is 0 Å². The topological polar surface area (TPSA) is 20.2 Å². The Hall–Kier alpha value is -1.31. The van der Waals surface area contributed by atoms with Gasteiger partial charge in [0.1, 0.15) is 6.10 Å². The maximum Gasteiger partial charge on any atom is 0.104 e. The molecule has 0 spiro atoms. The van der Waals surface area contributed by atoms with Gasteiger partial charge in [-0.15, -0.1) is 0 Å². The van der Waals surface area contributed by atoms with Crippen LogP contribution in [0.3, 0.4) is 0 Å². The molecule has 0 bridgehead atoms. The highest BCUT2D eigenvalue weighted by Crippen LogP contribution is 2.24.